The Balaban J connectivity index is 0.00000300. The van der Waals surface area contributed by atoms with E-state index in [1.54, 1.807) is 7.05 Å². The van der Waals surface area contributed by atoms with Gasteiger partial charge < -0.3 is 15.0 Å². The Hall–Kier alpha value is -1.82. The van der Waals surface area contributed by atoms with Gasteiger partial charge in [-0.05, 0) is 18.1 Å². The summed E-state index contributed by atoms with van der Waals surface area (Å²) in [6.07, 6.45) is -3.23. The van der Waals surface area contributed by atoms with Gasteiger partial charge in [0, 0.05) is 38.9 Å². The molecule has 1 saturated heterocycles. The number of nitrogens with one attached hydrogen (secondary N) is 1. The van der Waals surface area contributed by atoms with Gasteiger partial charge in [-0.1, -0.05) is 24.3 Å². The van der Waals surface area contributed by atoms with Crippen molar-refractivity contribution >= 4 is 29.9 Å². The predicted octanol–water partition coefficient (Wildman–Crippen LogP) is 3.51. The smallest absolute Gasteiger partial charge is 0.370 e. The number of halogens is 4. The first kappa shape index (κ1) is 23.5. The Morgan fingerprint density at radius 1 is 1.34 bits per heavy atom. The molecule has 0 spiro atoms. The lowest BCUT2D eigenvalue weighted by Crippen LogP contribution is -2.48. The van der Waals surface area contributed by atoms with Crippen molar-refractivity contribution in [2.24, 2.45) is 12.0 Å². The van der Waals surface area contributed by atoms with Crippen LogP contribution in [0, 0.1) is 6.92 Å². The normalized spacial score (nSPS) is 17.8. The van der Waals surface area contributed by atoms with Gasteiger partial charge >= 0.3 is 6.18 Å². The fraction of sp³-hybridized carbons (Fsp3) is 0.474. The van der Waals surface area contributed by atoms with Gasteiger partial charge in [0.2, 0.25) is 0 Å². The van der Waals surface area contributed by atoms with Crippen LogP contribution in [0.15, 0.2) is 35.5 Å². The molecule has 1 N–H and O–H groups in total. The number of aliphatic imine (C=N–C) groups is 1. The second kappa shape index (κ2) is 9.79. The molecule has 1 fully saturated rings. The molecule has 1 aliphatic heterocycles. The third kappa shape index (κ3) is 5.62. The lowest BCUT2D eigenvalue weighted by atomic mass is 10.0. The number of rotatable bonds is 3. The van der Waals surface area contributed by atoms with Gasteiger partial charge in [0.25, 0.3) is 0 Å². The number of hydrogen-bond acceptors (Lipinski definition) is 3. The Bertz CT molecular complexity index is 853. The monoisotopic (exact) mass is 523 g/mol. The molecule has 0 radical (unpaired) electrons. The largest absolute Gasteiger partial charge is 0.435 e. The molecule has 1 aromatic carbocycles. The molecule has 0 saturated carbocycles. The highest BCUT2D eigenvalue weighted by molar-refractivity contribution is 14.0. The van der Waals surface area contributed by atoms with Gasteiger partial charge in [-0.15, -0.1) is 24.0 Å². The molecule has 1 aliphatic rings. The van der Waals surface area contributed by atoms with E-state index in [0.717, 1.165) is 11.1 Å². The lowest BCUT2D eigenvalue weighted by Gasteiger charge is -2.35. The number of hydrogen-bond donors (Lipinski definition) is 1. The topological polar surface area (TPSA) is 54.7 Å². The second-order valence-corrected chi connectivity index (χ2v) is 6.74. The van der Waals surface area contributed by atoms with E-state index in [9.17, 15) is 13.2 Å². The summed E-state index contributed by atoms with van der Waals surface area (Å²) in [6.45, 7) is 3.72. The summed E-state index contributed by atoms with van der Waals surface area (Å²) >= 11 is 0. The van der Waals surface area contributed by atoms with Crippen LogP contribution in [0.1, 0.15) is 28.5 Å². The van der Waals surface area contributed by atoms with E-state index in [0.29, 0.717) is 25.7 Å². The third-order valence-corrected chi connectivity index (χ3v) is 4.72. The number of aryl methyl sites for hydroxylation is 2. The van der Waals surface area contributed by atoms with Crippen molar-refractivity contribution in [3.05, 3.63) is 52.8 Å². The molecule has 1 atom stereocenters. The molecule has 1 aromatic heterocycles. The van der Waals surface area contributed by atoms with Crippen molar-refractivity contribution in [3.8, 4) is 0 Å². The summed E-state index contributed by atoms with van der Waals surface area (Å²) in [5, 5.41) is 6.57. The van der Waals surface area contributed by atoms with Crippen molar-refractivity contribution in [1.82, 2.24) is 20.0 Å². The van der Waals surface area contributed by atoms with Crippen molar-refractivity contribution in [3.63, 3.8) is 0 Å². The minimum absolute atomic E-state index is 0. The summed E-state index contributed by atoms with van der Waals surface area (Å²) in [7, 11) is 3.09. The lowest BCUT2D eigenvalue weighted by molar-refractivity contribution is -0.142. The van der Waals surface area contributed by atoms with E-state index < -0.39 is 11.9 Å². The van der Waals surface area contributed by atoms with E-state index >= 15 is 0 Å². The van der Waals surface area contributed by atoms with Crippen LogP contribution >= 0.6 is 24.0 Å². The summed E-state index contributed by atoms with van der Waals surface area (Å²) in [5.74, 6) is 0.541. The van der Waals surface area contributed by atoms with E-state index in [-0.39, 0.29) is 42.2 Å². The molecule has 0 amide bonds. The predicted molar refractivity (Wildman–Crippen MR) is 115 cm³/mol. The van der Waals surface area contributed by atoms with E-state index in [1.165, 1.54) is 17.9 Å². The number of alkyl halides is 3. The van der Waals surface area contributed by atoms with Crippen LogP contribution in [0.2, 0.25) is 0 Å². The highest BCUT2D eigenvalue weighted by Crippen LogP contribution is 2.30. The van der Waals surface area contributed by atoms with Gasteiger partial charge in [-0.2, -0.15) is 18.3 Å². The molecule has 160 valence electrons. The zero-order valence-corrected chi connectivity index (χ0v) is 18.9. The minimum Gasteiger partial charge on any atom is -0.370 e. The zero-order valence-electron chi connectivity index (χ0n) is 16.5. The van der Waals surface area contributed by atoms with Gasteiger partial charge in [0.05, 0.1) is 13.2 Å². The molecule has 3 rings (SSSR count). The van der Waals surface area contributed by atoms with Crippen molar-refractivity contribution < 1.29 is 17.9 Å². The zero-order chi connectivity index (χ0) is 20.3. The number of aromatic nitrogens is 2. The maximum absolute atomic E-state index is 13.1. The Morgan fingerprint density at radius 2 is 2.07 bits per heavy atom. The molecule has 2 heterocycles. The molecular weight excluding hydrogens is 498 g/mol. The molecule has 0 aliphatic carbocycles. The molecule has 6 nitrogen and oxygen atoms in total. The molecule has 2 aromatic rings. The van der Waals surface area contributed by atoms with Crippen LogP contribution < -0.4 is 5.32 Å². The summed E-state index contributed by atoms with van der Waals surface area (Å²) in [5.41, 5.74) is 1.45. The first-order valence-corrected chi connectivity index (χ1v) is 9.02. The fourth-order valence-electron chi connectivity index (χ4n) is 3.39. The van der Waals surface area contributed by atoms with Gasteiger partial charge in [0.15, 0.2) is 11.7 Å². The molecule has 0 bridgehead atoms. The van der Waals surface area contributed by atoms with Crippen LogP contribution in [0.25, 0.3) is 0 Å². The average molecular weight is 523 g/mol. The van der Waals surface area contributed by atoms with Gasteiger partial charge in [0.1, 0.15) is 6.10 Å². The Morgan fingerprint density at radius 3 is 2.72 bits per heavy atom. The molecule has 29 heavy (non-hydrogen) atoms. The van der Waals surface area contributed by atoms with Crippen LogP contribution in [0.5, 0.6) is 0 Å². The van der Waals surface area contributed by atoms with E-state index in [4.69, 9.17) is 4.74 Å². The van der Waals surface area contributed by atoms with Crippen molar-refractivity contribution in [2.45, 2.75) is 25.7 Å². The Kier molecular flexibility index (Phi) is 7.92. The maximum atomic E-state index is 13.1. The first-order valence-electron chi connectivity index (χ1n) is 9.02. The standard InChI is InChI=1S/C19H24F3N5O.HI/c1-13-6-4-5-7-15(13)16-12-27(8-9-28-16)18(23-2)24-10-14-11-26(3)25-17(14)19(20,21)22;/h4-7,11,16H,8-10,12H2,1-3H3,(H,23,24);1H. The molecular formula is C19H25F3IN5O. The molecule has 10 heteroatoms. The van der Waals surface area contributed by atoms with Gasteiger partial charge in [-0.25, -0.2) is 0 Å². The third-order valence-electron chi connectivity index (χ3n) is 4.72. The number of benzene rings is 1. The fourth-order valence-corrected chi connectivity index (χ4v) is 3.39. The van der Waals surface area contributed by atoms with E-state index in [2.05, 4.69) is 15.4 Å². The highest BCUT2D eigenvalue weighted by atomic mass is 127. The van der Waals surface area contributed by atoms with Crippen molar-refractivity contribution in [2.75, 3.05) is 26.7 Å². The second-order valence-electron chi connectivity index (χ2n) is 6.74. The molecule has 1 unspecified atom stereocenters. The van der Waals surface area contributed by atoms with Gasteiger partial charge in [-0.3, -0.25) is 9.67 Å². The van der Waals surface area contributed by atoms with E-state index in [1.807, 2.05) is 36.1 Å². The number of guanidine groups is 1. The van der Waals surface area contributed by atoms with Crippen LogP contribution in [-0.4, -0.2) is 47.4 Å². The summed E-state index contributed by atoms with van der Waals surface area (Å²) < 4.78 is 46.5. The van der Waals surface area contributed by atoms with Crippen LogP contribution in [-0.2, 0) is 24.5 Å². The average Bonchev–Trinajstić information content (AvgIpc) is 3.04. The SMILES string of the molecule is CN=C(NCc1cn(C)nc1C(F)(F)F)N1CCOC(c2ccccc2C)C1.I. The van der Waals surface area contributed by atoms with Crippen molar-refractivity contribution in [1.29, 1.82) is 0 Å². The number of nitrogens with zero attached hydrogens (tertiary/aromatic N) is 4. The first-order chi connectivity index (χ1) is 13.3. The Labute approximate surface area is 185 Å². The summed E-state index contributed by atoms with van der Waals surface area (Å²) in [4.78, 5) is 6.25. The van der Waals surface area contributed by atoms with Crippen LogP contribution in [0.3, 0.4) is 0 Å². The highest BCUT2D eigenvalue weighted by Gasteiger charge is 2.37. The minimum atomic E-state index is -4.49. The quantitative estimate of drug-likeness (QED) is 0.380. The summed E-state index contributed by atoms with van der Waals surface area (Å²) in [6, 6.07) is 8.02. The number of ether oxygens (including phenoxy) is 1. The maximum Gasteiger partial charge on any atom is 0.435 e. The van der Waals surface area contributed by atoms with Crippen LogP contribution in [0.4, 0.5) is 13.2 Å². The number of morpholine rings is 1.